The Labute approximate surface area is 115 Å². The summed E-state index contributed by atoms with van der Waals surface area (Å²) in [5, 5.41) is 11.1. The fraction of sp³-hybridized carbons (Fsp3) is 0.625. The lowest BCUT2D eigenvalue weighted by Crippen LogP contribution is -2.46. The molecule has 0 spiro atoms. The second kappa shape index (κ2) is 4.80. The third-order valence-electron chi connectivity index (χ3n) is 4.74. The largest absolute Gasteiger partial charge is 0.496 e. The number of hydrogen-bond donors (Lipinski definition) is 1. The molecule has 0 saturated carbocycles. The van der Waals surface area contributed by atoms with Crippen LogP contribution >= 0.6 is 0 Å². The normalized spacial score (nSPS) is 31.2. The van der Waals surface area contributed by atoms with Crippen LogP contribution in [0.4, 0.5) is 0 Å². The first-order valence-corrected chi connectivity index (χ1v) is 7.24. The summed E-state index contributed by atoms with van der Waals surface area (Å²) < 4.78 is 5.46. The van der Waals surface area contributed by atoms with Crippen LogP contribution in [-0.2, 0) is 5.60 Å². The number of rotatable bonds is 2. The average Bonchev–Trinajstić information content (AvgIpc) is 2.85. The van der Waals surface area contributed by atoms with E-state index in [1.165, 1.54) is 24.9 Å². The number of methoxy groups -OCH3 is 1. The van der Waals surface area contributed by atoms with E-state index in [0.717, 1.165) is 30.7 Å². The molecule has 3 nitrogen and oxygen atoms in total. The van der Waals surface area contributed by atoms with Gasteiger partial charge in [-0.05, 0) is 51.3 Å². The fourth-order valence-corrected chi connectivity index (χ4v) is 3.67. The highest BCUT2D eigenvalue weighted by molar-refractivity contribution is 5.41. The van der Waals surface area contributed by atoms with Gasteiger partial charge in [-0.25, -0.2) is 0 Å². The van der Waals surface area contributed by atoms with Crippen LogP contribution in [0.1, 0.15) is 36.8 Å². The lowest BCUT2D eigenvalue weighted by Gasteiger charge is -2.41. The highest BCUT2D eigenvalue weighted by Crippen LogP contribution is 2.42. The molecule has 2 fully saturated rings. The lowest BCUT2D eigenvalue weighted by molar-refractivity contribution is -0.0423. The Bertz CT molecular complexity index is 474. The number of nitrogens with zero attached hydrogens (tertiary/aromatic N) is 1. The van der Waals surface area contributed by atoms with E-state index >= 15 is 0 Å². The van der Waals surface area contributed by atoms with Gasteiger partial charge in [0, 0.05) is 18.2 Å². The van der Waals surface area contributed by atoms with E-state index in [2.05, 4.69) is 17.9 Å². The van der Waals surface area contributed by atoms with E-state index < -0.39 is 5.60 Å². The molecule has 3 heteroatoms. The molecule has 1 aromatic carbocycles. The number of aryl methyl sites for hydroxylation is 1. The number of benzene rings is 1. The Hall–Kier alpha value is -1.06. The second-order valence-electron chi connectivity index (χ2n) is 6.02. The van der Waals surface area contributed by atoms with Gasteiger partial charge in [-0.3, -0.25) is 0 Å². The molecule has 2 unspecified atom stereocenters. The van der Waals surface area contributed by atoms with Crippen molar-refractivity contribution < 1.29 is 9.84 Å². The molecule has 0 aromatic heterocycles. The Balaban J connectivity index is 1.93. The van der Waals surface area contributed by atoms with Crippen molar-refractivity contribution in [2.45, 2.75) is 44.2 Å². The van der Waals surface area contributed by atoms with E-state index in [-0.39, 0.29) is 0 Å². The van der Waals surface area contributed by atoms with Crippen LogP contribution < -0.4 is 4.74 Å². The van der Waals surface area contributed by atoms with Crippen molar-refractivity contribution in [1.82, 2.24) is 4.90 Å². The zero-order valence-electron chi connectivity index (χ0n) is 11.9. The van der Waals surface area contributed by atoms with Gasteiger partial charge in [0.05, 0.1) is 12.7 Å². The molecular weight excluding hydrogens is 238 g/mol. The van der Waals surface area contributed by atoms with Crippen molar-refractivity contribution in [2.24, 2.45) is 0 Å². The van der Waals surface area contributed by atoms with Crippen molar-refractivity contribution in [3.8, 4) is 5.75 Å². The van der Waals surface area contributed by atoms with Gasteiger partial charge in [-0.15, -0.1) is 0 Å². The number of aliphatic hydroxyl groups is 1. The maximum Gasteiger partial charge on any atom is 0.124 e. The van der Waals surface area contributed by atoms with Crippen LogP contribution in [0.25, 0.3) is 0 Å². The minimum atomic E-state index is -0.719. The molecule has 1 aromatic rings. The molecule has 104 valence electrons. The van der Waals surface area contributed by atoms with Gasteiger partial charge in [-0.2, -0.15) is 0 Å². The third kappa shape index (κ3) is 2.26. The summed E-state index contributed by atoms with van der Waals surface area (Å²) in [4.78, 5) is 2.52. The molecule has 2 atom stereocenters. The van der Waals surface area contributed by atoms with Crippen LogP contribution in [0, 0.1) is 6.92 Å². The molecule has 2 saturated heterocycles. The fourth-order valence-electron chi connectivity index (χ4n) is 3.67. The predicted octanol–water partition coefficient (Wildman–Crippen LogP) is 2.45. The van der Waals surface area contributed by atoms with Crippen LogP contribution in [0.5, 0.6) is 5.75 Å². The van der Waals surface area contributed by atoms with Gasteiger partial charge < -0.3 is 14.7 Å². The van der Waals surface area contributed by atoms with Gasteiger partial charge in [0.25, 0.3) is 0 Å². The van der Waals surface area contributed by atoms with Gasteiger partial charge in [0.1, 0.15) is 5.75 Å². The maximum absolute atomic E-state index is 11.1. The summed E-state index contributed by atoms with van der Waals surface area (Å²) in [5.74, 6) is 0.819. The van der Waals surface area contributed by atoms with Crippen molar-refractivity contribution >= 4 is 0 Å². The molecule has 1 N–H and O–H groups in total. The summed E-state index contributed by atoms with van der Waals surface area (Å²) in [6.45, 7) is 4.26. The Morgan fingerprint density at radius 3 is 3.00 bits per heavy atom. The summed E-state index contributed by atoms with van der Waals surface area (Å²) in [5.41, 5.74) is 1.43. The van der Waals surface area contributed by atoms with Gasteiger partial charge in [0.15, 0.2) is 0 Å². The van der Waals surface area contributed by atoms with Crippen molar-refractivity contribution in [2.75, 3.05) is 20.2 Å². The first-order chi connectivity index (χ1) is 9.12. The topological polar surface area (TPSA) is 32.7 Å². The number of ether oxygens (including phenoxy) is 1. The Kier molecular flexibility index (Phi) is 3.27. The molecule has 2 aliphatic rings. The molecule has 0 radical (unpaired) electrons. The van der Waals surface area contributed by atoms with Gasteiger partial charge >= 0.3 is 0 Å². The maximum atomic E-state index is 11.1. The van der Waals surface area contributed by atoms with Crippen LogP contribution in [-0.4, -0.2) is 36.2 Å². The number of piperidine rings is 1. The molecule has 0 aliphatic carbocycles. The highest BCUT2D eigenvalue weighted by Gasteiger charge is 2.42. The molecule has 3 rings (SSSR count). The lowest BCUT2D eigenvalue weighted by atomic mass is 9.80. The predicted molar refractivity (Wildman–Crippen MR) is 75.5 cm³/mol. The molecule has 19 heavy (non-hydrogen) atoms. The SMILES string of the molecule is COc1ccc(C)cc1C1(O)CCN2CCCC2C1. The van der Waals surface area contributed by atoms with Crippen molar-refractivity contribution in [3.05, 3.63) is 29.3 Å². The third-order valence-corrected chi connectivity index (χ3v) is 4.74. The zero-order chi connectivity index (χ0) is 13.5. The molecule has 0 bridgehead atoms. The highest BCUT2D eigenvalue weighted by atomic mass is 16.5. The first-order valence-electron chi connectivity index (χ1n) is 7.24. The van der Waals surface area contributed by atoms with Crippen molar-refractivity contribution in [3.63, 3.8) is 0 Å². The minimum absolute atomic E-state index is 0.545. The number of fused-ring (bicyclic) bond motifs is 1. The van der Waals surface area contributed by atoms with E-state index in [1.54, 1.807) is 7.11 Å². The molecule has 2 heterocycles. The van der Waals surface area contributed by atoms with Crippen LogP contribution in [0.15, 0.2) is 18.2 Å². The Morgan fingerprint density at radius 2 is 2.21 bits per heavy atom. The van der Waals surface area contributed by atoms with Gasteiger partial charge in [-0.1, -0.05) is 11.6 Å². The van der Waals surface area contributed by atoms with E-state index in [0.29, 0.717) is 6.04 Å². The van der Waals surface area contributed by atoms with Crippen LogP contribution in [0.3, 0.4) is 0 Å². The minimum Gasteiger partial charge on any atom is -0.496 e. The zero-order valence-corrected chi connectivity index (χ0v) is 11.9. The van der Waals surface area contributed by atoms with E-state index in [1.807, 2.05) is 12.1 Å². The van der Waals surface area contributed by atoms with Crippen molar-refractivity contribution in [1.29, 1.82) is 0 Å². The van der Waals surface area contributed by atoms with E-state index in [9.17, 15) is 5.11 Å². The second-order valence-corrected chi connectivity index (χ2v) is 6.02. The monoisotopic (exact) mass is 261 g/mol. The van der Waals surface area contributed by atoms with E-state index in [4.69, 9.17) is 4.74 Å². The molecular formula is C16H23NO2. The smallest absolute Gasteiger partial charge is 0.124 e. The number of hydrogen-bond acceptors (Lipinski definition) is 3. The molecule has 2 aliphatic heterocycles. The quantitative estimate of drug-likeness (QED) is 0.887. The first kappa shape index (κ1) is 12.9. The van der Waals surface area contributed by atoms with Crippen LogP contribution in [0.2, 0.25) is 0 Å². The summed E-state index contributed by atoms with van der Waals surface area (Å²) in [6, 6.07) is 6.65. The van der Waals surface area contributed by atoms with Gasteiger partial charge in [0.2, 0.25) is 0 Å². The summed E-state index contributed by atoms with van der Waals surface area (Å²) in [7, 11) is 1.68. The molecule has 0 amide bonds. The summed E-state index contributed by atoms with van der Waals surface area (Å²) in [6.07, 6.45) is 4.14. The summed E-state index contributed by atoms with van der Waals surface area (Å²) >= 11 is 0. The standard InChI is InChI=1S/C16H23NO2/c1-12-5-6-15(19-2)14(10-12)16(18)7-9-17-8-3-4-13(17)11-16/h5-6,10,13,18H,3-4,7-9,11H2,1-2H3. The Morgan fingerprint density at radius 1 is 1.37 bits per heavy atom. The average molecular weight is 261 g/mol.